The second-order valence-electron chi connectivity index (χ2n) is 4.71. The van der Waals surface area contributed by atoms with Gasteiger partial charge in [-0.25, -0.2) is 9.78 Å². The van der Waals surface area contributed by atoms with Crippen LogP contribution in [-0.4, -0.2) is 16.1 Å². The van der Waals surface area contributed by atoms with Gasteiger partial charge in [0.15, 0.2) is 0 Å². The maximum atomic E-state index is 11.2. The van der Waals surface area contributed by atoms with Gasteiger partial charge in [-0.1, -0.05) is 54.2 Å². The summed E-state index contributed by atoms with van der Waals surface area (Å²) in [6.07, 6.45) is 0. The highest BCUT2D eigenvalue weighted by Crippen LogP contribution is 2.34. The van der Waals surface area contributed by atoms with Crippen molar-refractivity contribution in [3.05, 3.63) is 65.9 Å². The van der Waals surface area contributed by atoms with Crippen LogP contribution in [0, 0.1) is 6.92 Å². The van der Waals surface area contributed by atoms with E-state index in [2.05, 4.69) is 4.98 Å². The van der Waals surface area contributed by atoms with Gasteiger partial charge in [0.2, 0.25) is 0 Å². The molecule has 3 nitrogen and oxygen atoms in total. The zero-order valence-corrected chi connectivity index (χ0v) is 12.2. The number of hydrogen-bond donors (Lipinski definition) is 1. The number of hydrogen-bond acceptors (Lipinski definition) is 3. The number of benzene rings is 2. The summed E-state index contributed by atoms with van der Waals surface area (Å²) in [5.74, 6) is -1.01. The molecule has 3 rings (SSSR count). The molecule has 0 saturated heterocycles. The van der Waals surface area contributed by atoms with E-state index in [1.54, 1.807) is 6.07 Å². The predicted octanol–water partition coefficient (Wildman–Crippen LogP) is 4.39. The Morgan fingerprint density at radius 1 is 1.10 bits per heavy atom. The van der Waals surface area contributed by atoms with Crippen molar-refractivity contribution in [2.24, 2.45) is 0 Å². The van der Waals surface area contributed by atoms with E-state index in [0.717, 1.165) is 26.3 Å². The van der Waals surface area contributed by atoms with Crippen LogP contribution < -0.4 is 0 Å². The molecule has 0 unspecified atom stereocenters. The fourth-order valence-electron chi connectivity index (χ4n) is 2.13. The molecule has 21 heavy (non-hydrogen) atoms. The standard InChI is InChI=1S/C17H13NO2S/c1-11-6-2-5-9-15(11)21-16-13-8-4-3-7-12(13)10-14(18-16)17(19)20/h2-10H,1H3,(H,19,20). The van der Waals surface area contributed by atoms with Gasteiger partial charge in [0.25, 0.3) is 0 Å². The van der Waals surface area contributed by atoms with Crippen LogP contribution in [0.25, 0.3) is 10.8 Å². The van der Waals surface area contributed by atoms with Crippen molar-refractivity contribution in [3.8, 4) is 0 Å². The van der Waals surface area contributed by atoms with Crippen LogP contribution in [0.15, 0.2) is 64.5 Å². The smallest absolute Gasteiger partial charge is 0.354 e. The van der Waals surface area contributed by atoms with Gasteiger partial charge in [-0.15, -0.1) is 0 Å². The maximum Gasteiger partial charge on any atom is 0.354 e. The molecule has 0 bridgehead atoms. The first-order chi connectivity index (χ1) is 10.1. The number of aromatic carboxylic acids is 1. The number of carbonyl (C=O) groups is 1. The summed E-state index contributed by atoms with van der Waals surface area (Å²) in [6, 6.07) is 17.3. The van der Waals surface area contributed by atoms with Crippen LogP contribution in [0.1, 0.15) is 16.1 Å². The highest BCUT2D eigenvalue weighted by Gasteiger charge is 2.12. The van der Waals surface area contributed by atoms with Gasteiger partial charge < -0.3 is 5.11 Å². The van der Waals surface area contributed by atoms with Crippen molar-refractivity contribution in [1.82, 2.24) is 4.98 Å². The monoisotopic (exact) mass is 295 g/mol. The molecule has 0 amide bonds. The maximum absolute atomic E-state index is 11.2. The topological polar surface area (TPSA) is 50.2 Å². The first kappa shape index (κ1) is 13.6. The van der Waals surface area contributed by atoms with Crippen LogP contribution in [-0.2, 0) is 0 Å². The number of pyridine rings is 1. The Balaban J connectivity index is 2.16. The summed E-state index contributed by atoms with van der Waals surface area (Å²) < 4.78 is 0. The fraction of sp³-hybridized carbons (Fsp3) is 0.0588. The third-order valence-electron chi connectivity index (χ3n) is 3.22. The molecule has 0 aliphatic rings. The minimum absolute atomic E-state index is 0.0739. The van der Waals surface area contributed by atoms with E-state index < -0.39 is 5.97 Å². The van der Waals surface area contributed by atoms with Gasteiger partial charge in [0.05, 0.1) is 0 Å². The minimum Gasteiger partial charge on any atom is -0.477 e. The van der Waals surface area contributed by atoms with Gasteiger partial charge in [-0.2, -0.15) is 0 Å². The molecule has 1 aromatic heterocycles. The Bertz CT molecular complexity index is 830. The van der Waals surface area contributed by atoms with Gasteiger partial charge in [-0.3, -0.25) is 0 Å². The van der Waals surface area contributed by atoms with Crippen molar-refractivity contribution in [1.29, 1.82) is 0 Å². The lowest BCUT2D eigenvalue weighted by Gasteiger charge is -2.09. The highest BCUT2D eigenvalue weighted by molar-refractivity contribution is 7.99. The van der Waals surface area contributed by atoms with E-state index >= 15 is 0 Å². The molecule has 0 fully saturated rings. The Kier molecular flexibility index (Phi) is 3.62. The van der Waals surface area contributed by atoms with Crippen LogP contribution in [0.2, 0.25) is 0 Å². The summed E-state index contributed by atoms with van der Waals surface area (Å²) in [4.78, 5) is 16.6. The van der Waals surface area contributed by atoms with Crippen LogP contribution in [0.4, 0.5) is 0 Å². The summed E-state index contributed by atoms with van der Waals surface area (Å²) in [7, 11) is 0. The molecule has 2 aromatic carbocycles. The normalized spacial score (nSPS) is 10.7. The highest BCUT2D eigenvalue weighted by atomic mass is 32.2. The Labute approximate surface area is 126 Å². The number of carboxylic acids is 1. The van der Waals surface area contributed by atoms with Crippen molar-refractivity contribution >= 4 is 28.5 Å². The first-order valence-corrected chi connectivity index (χ1v) is 7.33. The lowest BCUT2D eigenvalue weighted by molar-refractivity contribution is 0.0690. The second-order valence-corrected chi connectivity index (χ2v) is 5.74. The molecule has 0 saturated carbocycles. The number of nitrogens with zero attached hydrogens (tertiary/aromatic N) is 1. The second kappa shape index (κ2) is 5.58. The lowest BCUT2D eigenvalue weighted by Crippen LogP contribution is -2.01. The van der Waals surface area contributed by atoms with Gasteiger partial charge in [-0.05, 0) is 30.0 Å². The molecule has 1 heterocycles. The van der Waals surface area contributed by atoms with Gasteiger partial charge >= 0.3 is 5.97 Å². The third kappa shape index (κ3) is 2.76. The summed E-state index contributed by atoms with van der Waals surface area (Å²) in [5.41, 5.74) is 1.22. The van der Waals surface area contributed by atoms with E-state index in [0.29, 0.717) is 0 Å². The van der Waals surface area contributed by atoms with E-state index in [1.807, 2.05) is 55.5 Å². The van der Waals surface area contributed by atoms with Crippen LogP contribution >= 0.6 is 11.8 Å². The Morgan fingerprint density at radius 2 is 1.81 bits per heavy atom. The molecule has 4 heteroatoms. The number of fused-ring (bicyclic) bond motifs is 1. The zero-order chi connectivity index (χ0) is 14.8. The predicted molar refractivity (Wildman–Crippen MR) is 84.0 cm³/mol. The largest absolute Gasteiger partial charge is 0.477 e. The average Bonchev–Trinajstić information content (AvgIpc) is 2.49. The van der Waals surface area contributed by atoms with E-state index in [9.17, 15) is 9.90 Å². The molecular formula is C17H13NO2S. The minimum atomic E-state index is -1.01. The zero-order valence-electron chi connectivity index (χ0n) is 11.4. The van der Waals surface area contributed by atoms with Crippen LogP contribution in [0.3, 0.4) is 0 Å². The molecule has 1 N–H and O–H groups in total. The average molecular weight is 295 g/mol. The van der Waals surface area contributed by atoms with Crippen molar-refractivity contribution in [3.63, 3.8) is 0 Å². The SMILES string of the molecule is Cc1ccccc1Sc1nc(C(=O)O)cc2ccccc12. The number of carboxylic acid groups (broad SMARTS) is 1. The summed E-state index contributed by atoms with van der Waals surface area (Å²) in [5, 5.41) is 11.8. The van der Waals surface area contributed by atoms with Crippen molar-refractivity contribution < 1.29 is 9.90 Å². The molecule has 0 aliphatic heterocycles. The third-order valence-corrected chi connectivity index (χ3v) is 4.41. The molecule has 104 valence electrons. The number of aromatic nitrogens is 1. The van der Waals surface area contributed by atoms with Gasteiger partial charge in [0, 0.05) is 10.3 Å². The quantitative estimate of drug-likeness (QED) is 0.778. The summed E-state index contributed by atoms with van der Waals surface area (Å²) >= 11 is 1.50. The lowest BCUT2D eigenvalue weighted by atomic mass is 10.1. The van der Waals surface area contributed by atoms with E-state index in [4.69, 9.17) is 0 Å². The fourth-order valence-corrected chi connectivity index (χ4v) is 3.15. The first-order valence-electron chi connectivity index (χ1n) is 6.52. The molecule has 0 radical (unpaired) electrons. The van der Waals surface area contributed by atoms with E-state index in [1.165, 1.54) is 11.8 Å². The Hall–Kier alpha value is -2.33. The van der Waals surface area contributed by atoms with Crippen LogP contribution in [0.5, 0.6) is 0 Å². The van der Waals surface area contributed by atoms with Gasteiger partial charge in [0.1, 0.15) is 10.7 Å². The molecule has 3 aromatic rings. The number of rotatable bonds is 3. The van der Waals surface area contributed by atoms with Crippen molar-refractivity contribution in [2.45, 2.75) is 16.8 Å². The molecule has 0 spiro atoms. The Morgan fingerprint density at radius 3 is 2.57 bits per heavy atom. The molecular weight excluding hydrogens is 282 g/mol. The number of aryl methyl sites for hydroxylation is 1. The van der Waals surface area contributed by atoms with E-state index in [-0.39, 0.29) is 5.69 Å². The molecule has 0 aliphatic carbocycles. The van der Waals surface area contributed by atoms with Crippen molar-refractivity contribution in [2.75, 3.05) is 0 Å². The molecule has 0 atom stereocenters. The summed E-state index contributed by atoms with van der Waals surface area (Å²) in [6.45, 7) is 2.03.